The smallest absolute Gasteiger partial charge is 0.484 e. The van der Waals surface area contributed by atoms with Crippen LogP contribution in [0.1, 0.15) is 138 Å². The van der Waals surface area contributed by atoms with Crippen molar-refractivity contribution in [2.24, 2.45) is 0 Å². The van der Waals surface area contributed by atoms with Gasteiger partial charge in [-0.25, -0.2) is 32.3 Å². The molecule has 26 heteroatoms. The van der Waals surface area contributed by atoms with E-state index in [4.69, 9.17) is 9.84 Å². The number of carbonyl (C=O) groups is 9. The summed E-state index contributed by atoms with van der Waals surface area (Å²) in [6, 6.07) is 9.33. The van der Waals surface area contributed by atoms with E-state index < -0.39 is 67.8 Å². The molecule has 0 saturated heterocycles. The van der Waals surface area contributed by atoms with Gasteiger partial charge in [-0.15, -0.1) is 0 Å². The summed E-state index contributed by atoms with van der Waals surface area (Å²) in [5.41, 5.74) is 3.66. The second-order valence-corrected chi connectivity index (χ2v) is 19.1. The standard InChI is InChI=1S/C55H72BF2N9O14/c57-56(58)67-40(25-29-46(67)42-15-12-34-59-42)35-39-24-23-38(63-39)22-19-37-20-26-41(27-21-37)81-36-50(71)62-31-9-3-6-17-48(69)61-32-10-7-13-43(52(74)75)64-49(70)18-5-2-1-4-16-47(68)60-33-11-8-14-44(53(76)77)65-55(80)66-45(54(78)79)28-30-51(72)73/h12,15,19-27,29,34-35,43-45H,1-11,13-14,16-18,28,30-33,36H2,(H11,59,60,61,62,63,64,65,66,68,69,70,71,72,73,74,75,76,77,78,79,80)/p+1/b22-19-/t43?,44-,45-/m0/s1. The molecule has 4 rings (SSSR count). The molecule has 81 heavy (non-hydrogen) atoms. The fraction of sp³-hybridized carbons (Fsp3) is 0.455. The second kappa shape index (κ2) is 35.8. The zero-order valence-corrected chi connectivity index (χ0v) is 45.0. The van der Waals surface area contributed by atoms with Gasteiger partial charge in [0.15, 0.2) is 12.3 Å². The van der Waals surface area contributed by atoms with E-state index in [1.165, 1.54) is 0 Å². The van der Waals surface area contributed by atoms with E-state index in [1.54, 1.807) is 48.7 Å². The Morgan fingerprint density at radius 2 is 1.10 bits per heavy atom. The normalized spacial score (nSPS) is 13.5. The third kappa shape index (κ3) is 25.8. The number of allylic oxidation sites excluding steroid dienone is 2. The molecule has 1 aliphatic rings. The van der Waals surface area contributed by atoms with Crippen LogP contribution in [0, 0.1) is 0 Å². The van der Waals surface area contributed by atoms with Crippen LogP contribution < -0.4 is 36.6 Å². The van der Waals surface area contributed by atoms with Crippen LogP contribution in [0.4, 0.5) is 13.4 Å². The van der Waals surface area contributed by atoms with Crippen LogP contribution in [-0.4, -0.2) is 146 Å². The first-order valence-electron chi connectivity index (χ1n) is 27.0. The number of amides is 6. The molecule has 0 saturated carbocycles. The van der Waals surface area contributed by atoms with Gasteiger partial charge in [-0.2, -0.15) is 0 Å². The molecule has 0 spiro atoms. The summed E-state index contributed by atoms with van der Waals surface area (Å²) in [5.74, 6) is -5.74. The minimum absolute atomic E-state index is 0.00445. The quantitative estimate of drug-likeness (QED) is 0.0249. The fourth-order valence-electron chi connectivity index (χ4n) is 8.32. The number of unbranched alkanes of at least 4 members (excludes halogenated alkanes) is 7. The van der Waals surface area contributed by atoms with Crippen molar-refractivity contribution in [1.82, 2.24) is 41.9 Å². The van der Waals surface area contributed by atoms with Crippen LogP contribution in [0.25, 0.3) is 18.2 Å². The molecule has 0 radical (unpaired) electrons. The van der Waals surface area contributed by atoms with Crippen molar-refractivity contribution in [2.75, 3.05) is 26.2 Å². The molecule has 1 unspecified atom stereocenters. The Kier molecular flexibility index (Phi) is 28.7. The predicted molar refractivity (Wildman–Crippen MR) is 296 cm³/mol. The van der Waals surface area contributed by atoms with Gasteiger partial charge in [0.25, 0.3) is 5.91 Å². The second-order valence-electron chi connectivity index (χ2n) is 19.1. The maximum Gasteiger partial charge on any atom is 0.935 e. The van der Waals surface area contributed by atoms with Gasteiger partial charge >= 0.3 is 37.3 Å². The number of H-pyrrole nitrogens is 2. The van der Waals surface area contributed by atoms with Gasteiger partial charge in [0, 0.05) is 81.1 Å². The largest absolute Gasteiger partial charge is 0.935 e. The minimum atomic E-state index is -2.72. The van der Waals surface area contributed by atoms with E-state index in [2.05, 4.69) is 41.9 Å². The molecule has 0 bridgehead atoms. The summed E-state index contributed by atoms with van der Waals surface area (Å²) in [6.07, 6.45) is 16.3. The number of aromatic amines is 2. The van der Waals surface area contributed by atoms with Crippen molar-refractivity contribution in [1.29, 1.82) is 0 Å². The molecular weight excluding hydrogens is 1060 g/mol. The van der Waals surface area contributed by atoms with Crippen molar-refractivity contribution in [3.05, 3.63) is 95.2 Å². The number of nitrogens with one attached hydrogen (secondary N) is 8. The Morgan fingerprint density at radius 1 is 0.568 bits per heavy atom. The molecule has 0 aliphatic carbocycles. The molecular formula is C55H73BF2N9O14+. The molecule has 3 aromatic rings. The molecule has 3 atom stereocenters. The van der Waals surface area contributed by atoms with Crippen LogP contribution >= 0.6 is 0 Å². The lowest BCUT2D eigenvalue weighted by Gasteiger charge is -2.18. The number of aromatic nitrogens is 2. The monoisotopic (exact) mass is 1130 g/mol. The average molecular weight is 1130 g/mol. The van der Waals surface area contributed by atoms with Crippen molar-refractivity contribution in [3.8, 4) is 5.75 Å². The number of carboxylic acids is 4. The zero-order chi connectivity index (χ0) is 58.9. The third-order valence-electron chi connectivity index (χ3n) is 12.7. The van der Waals surface area contributed by atoms with E-state index in [0.29, 0.717) is 119 Å². The lowest BCUT2D eigenvalue weighted by atomic mass is 10.1. The van der Waals surface area contributed by atoms with Gasteiger partial charge in [0.2, 0.25) is 23.4 Å². The van der Waals surface area contributed by atoms with E-state index >= 15 is 0 Å². The van der Waals surface area contributed by atoms with Gasteiger partial charge in [-0.1, -0.05) is 37.5 Å². The molecule has 2 aromatic heterocycles. The number of halogens is 2. The summed E-state index contributed by atoms with van der Waals surface area (Å²) in [4.78, 5) is 113. The minimum Gasteiger partial charge on any atom is -0.484 e. The van der Waals surface area contributed by atoms with Crippen LogP contribution in [-0.2, 0) is 38.4 Å². The first-order valence-corrected chi connectivity index (χ1v) is 27.0. The summed E-state index contributed by atoms with van der Waals surface area (Å²) in [6.45, 7) is 0.865. The van der Waals surface area contributed by atoms with Crippen molar-refractivity contribution in [2.45, 2.75) is 134 Å². The topological polar surface area (TPSA) is 351 Å². The third-order valence-corrected chi connectivity index (χ3v) is 12.7. The number of rotatable bonds is 40. The predicted octanol–water partition coefficient (Wildman–Crippen LogP) is 5.46. The molecule has 23 nitrogen and oxygen atoms in total. The number of carboxylic acid groups (broad SMARTS) is 4. The van der Waals surface area contributed by atoms with Crippen molar-refractivity contribution >= 4 is 84.9 Å². The Balaban J connectivity index is 0.955. The van der Waals surface area contributed by atoms with E-state index in [1.807, 2.05) is 36.4 Å². The van der Waals surface area contributed by atoms with Crippen LogP contribution in [0.2, 0.25) is 0 Å². The van der Waals surface area contributed by atoms with Gasteiger partial charge in [0.05, 0.1) is 0 Å². The first-order chi connectivity index (χ1) is 38.9. The highest BCUT2D eigenvalue weighted by Crippen LogP contribution is 2.21. The van der Waals surface area contributed by atoms with Crippen molar-refractivity contribution in [3.63, 3.8) is 0 Å². The number of carbonyl (C=O) groups excluding carboxylic acids is 5. The van der Waals surface area contributed by atoms with E-state index in [9.17, 15) is 67.1 Å². The SMILES string of the molecule is O=C(O)CC[C@H](NC(=O)N[C@@H](CCCCNC(=O)CCCCCCC(=O)NC(CCCCNC(=O)CCCCCNC(=O)COc1ccc(/C=C\c2ccc(/C=C3/C=CC(c4ccc[nH]4)=[N+]3B(F)F)[nH]2)cc1)C(=O)O)C(=O)O)C(=O)O. The molecule has 1 aliphatic heterocycles. The Hall–Kier alpha value is -8.58. The molecule has 0 fully saturated rings. The summed E-state index contributed by atoms with van der Waals surface area (Å²) < 4.78 is 34.5. The highest BCUT2D eigenvalue weighted by atomic mass is 19.2. The molecule has 438 valence electrons. The highest BCUT2D eigenvalue weighted by Gasteiger charge is 2.42. The number of nitrogens with zero attached hydrogens (tertiary/aromatic N) is 1. The zero-order valence-electron chi connectivity index (χ0n) is 45.0. The molecule has 1 aromatic carbocycles. The first kappa shape index (κ1) is 64.9. The average Bonchev–Trinajstić information content (AvgIpc) is 4.33. The molecule has 6 amide bonds. The van der Waals surface area contributed by atoms with Crippen LogP contribution in [0.5, 0.6) is 5.75 Å². The van der Waals surface area contributed by atoms with Gasteiger partial charge in [-0.3, -0.25) is 24.0 Å². The van der Waals surface area contributed by atoms with Gasteiger partial charge < -0.3 is 67.0 Å². The van der Waals surface area contributed by atoms with Gasteiger partial charge in [0.1, 0.15) is 29.6 Å². The number of benzene rings is 1. The molecule has 12 N–H and O–H groups in total. The Bertz CT molecular complexity index is 2690. The Labute approximate surface area is 467 Å². The van der Waals surface area contributed by atoms with E-state index in [-0.39, 0.29) is 63.0 Å². The van der Waals surface area contributed by atoms with E-state index in [0.717, 1.165) is 15.7 Å². The summed E-state index contributed by atoms with van der Waals surface area (Å²) in [5, 5.41) is 52.1. The number of hydrogen-bond acceptors (Lipinski definition) is 10. The van der Waals surface area contributed by atoms with Crippen LogP contribution in [0.3, 0.4) is 0 Å². The number of urea groups is 1. The van der Waals surface area contributed by atoms with Crippen molar-refractivity contribution < 1.29 is 81.4 Å². The maximum atomic E-state index is 14.0. The fourth-order valence-corrected chi connectivity index (χ4v) is 8.32. The number of ether oxygens (including phenoxy) is 1. The summed E-state index contributed by atoms with van der Waals surface area (Å²) in [7, 11) is -2.72. The maximum absolute atomic E-state index is 14.0. The lowest BCUT2D eigenvalue weighted by Crippen LogP contribution is -2.51. The number of hydrogen-bond donors (Lipinski definition) is 12. The lowest BCUT2D eigenvalue weighted by molar-refractivity contribution is -0.340. The Morgan fingerprint density at radius 3 is 1.65 bits per heavy atom. The van der Waals surface area contributed by atoms with Crippen LogP contribution in [0.15, 0.2) is 72.6 Å². The highest BCUT2D eigenvalue weighted by molar-refractivity contribution is 6.36. The summed E-state index contributed by atoms with van der Waals surface area (Å²) >= 11 is 0. The number of aliphatic carboxylic acids is 4. The molecule has 3 heterocycles. The van der Waals surface area contributed by atoms with Gasteiger partial charge in [-0.05, 0) is 119 Å².